The van der Waals surface area contributed by atoms with Crippen LogP contribution in [0.2, 0.25) is 0 Å². The fourth-order valence-corrected chi connectivity index (χ4v) is 1.26. The molecule has 1 aromatic rings. The van der Waals surface area contributed by atoms with E-state index in [9.17, 15) is 9.59 Å². The minimum atomic E-state index is -0.627. The van der Waals surface area contributed by atoms with Crippen molar-refractivity contribution in [1.82, 2.24) is 15.6 Å². The van der Waals surface area contributed by atoms with Gasteiger partial charge in [0, 0.05) is 19.4 Å². The summed E-state index contributed by atoms with van der Waals surface area (Å²) in [6.07, 6.45) is 2.88. The molecule has 1 heterocycles. The molecule has 1 rings (SSSR count). The average Bonchev–Trinajstić information content (AvgIpc) is 2.37. The molecule has 7 heteroatoms. The SMILES string of the molecule is CNC(=O)C(C)NC(=O)c1cnccc1NN. The Kier molecular flexibility index (Phi) is 4.41. The maximum absolute atomic E-state index is 11.8. The number of pyridine rings is 1. The Hall–Kier alpha value is -2.15. The number of carbonyl (C=O) groups is 2. The minimum absolute atomic E-state index is 0.274. The van der Waals surface area contributed by atoms with Crippen LogP contribution in [0.4, 0.5) is 5.69 Å². The molecule has 1 unspecified atom stereocenters. The molecule has 0 spiro atoms. The number of hydrogen-bond donors (Lipinski definition) is 4. The summed E-state index contributed by atoms with van der Waals surface area (Å²) in [5.74, 6) is 4.58. The predicted octanol–water partition coefficient (Wildman–Crippen LogP) is -0.768. The number of nitrogen functional groups attached to an aromatic ring is 1. The zero-order valence-electron chi connectivity index (χ0n) is 9.65. The van der Waals surface area contributed by atoms with E-state index in [1.165, 1.54) is 19.4 Å². The molecule has 0 bridgehead atoms. The van der Waals surface area contributed by atoms with E-state index < -0.39 is 11.9 Å². The first-order chi connectivity index (χ1) is 8.10. The van der Waals surface area contributed by atoms with Crippen LogP contribution in [-0.2, 0) is 4.79 Å². The summed E-state index contributed by atoms with van der Waals surface area (Å²) in [5, 5.41) is 4.98. The van der Waals surface area contributed by atoms with Gasteiger partial charge in [0.15, 0.2) is 0 Å². The monoisotopic (exact) mass is 237 g/mol. The highest BCUT2D eigenvalue weighted by atomic mass is 16.2. The summed E-state index contributed by atoms with van der Waals surface area (Å²) in [6.45, 7) is 1.59. The number of aromatic nitrogens is 1. The number of amides is 2. The van der Waals surface area contributed by atoms with E-state index in [2.05, 4.69) is 21.0 Å². The molecule has 0 aliphatic heterocycles. The molecular formula is C10H15N5O2. The van der Waals surface area contributed by atoms with Crippen molar-refractivity contribution in [3.63, 3.8) is 0 Å². The van der Waals surface area contributed by atoms with Crippen molar-refractivity contribution in [3.8, 4) is 0 Å². The number of hydrazine groups is 1. The van der Waals surface area contributed by atoms with Gasteiger partial charge in [-0.2, -0.15) is 0 Å². The molecule has 5 N–H and O–H groups in total. The highest BCUT2D eigenvalue weighted by Crippen LogP contribution is 2.11. The zero-order chi connectivity index (χ0) is 12.8. The van der Waals surface area contributed by atoms with Crippen molar-refractivity contribution >= 4 is 17.5 Å². The first kappa shape index (κ1) is 12.9. The second-order valence-corrected chi connectivity index (χ2v) is 3.37. The smallest absolute Gasteiger partial charge is 0.255 e. The van der Waals surface area contributed by atoms with Gasteiger partial charge >= 0.3 is 0 Å². The molecule has 0 aliphatic carbocycles. The topological polar surface area (TPSA) is 109 Å². The fraction of sp³-hybridized carbons (Fsp3) is 0.300. The lowest BCUT2D eigenvalue weighted by molar-refractivity contribution is -0.122. The highest BCUT2D eigenvalue weighted by molar-refractivity contribution is 6.01. The molecule has 92 valence electrons. The van der Waals surface area contributed by atoms with Gasteiger partial charge in [0.25, 0.3) is 5.91 Å². The molecule has 0 aliphatic rings. The third-order valence-electron chi connectivity index (χ3n) is 2.21. The van der Waals surface area contributed by atoms with Gasteiger partial charge in [-0.1, -0.05) is 0 Å². The number of hydrogen-bond acceptors (Lipinski definition) is 5. The van der Waals surface area contributed by atoms with E-state index in [1.807, 2.05) is 0 Å². The van der Waals surface area contributed by atoms with E-state index in [0.29, 0.717) is 5.69 Å². The van der Waals surface area contributed by atoms with Crippen LogP contribution in [0.3, 0.4) is 0 Å². The summed E-state index contributed by atoms with van der Waals surface area (Å²) < 4.78 is 0. The van der Waals surface area contributed by atoms with Crippen molar-refractivity contribution in [2.75, 3.05) is 12.5 Å². The molecule has 7 nitrogen and oxygen atoms in total. The van der Waals surface area contributed by atoms with Gasteiger partial charge in [-0.05, 0) is 13.0 Å². The average molecular weight is 237 g/mol. The summed E-state index contributed by atoms with van der Waals surface area (Å²) in [5.41, 5.74) is 3.12. The molecule has 0 saturated heterocycles. The number of nitrogens with two attached hydrogens (primary N) is 1. The van der Waals surface area contributed by atoms with Crippen LogP contribution in [0.25, 0.3) is 0 Å². The van der Waals surface area contributed by atoms with Crippen LogP contribution in [0.15, 0.2) is 18.5 Å². The van der Waals surface area contributed by atoms with Gasteiger partial charge in [0.1, 0.15) is 6.04 Å². The first-order valence-corrected chi connectivity index (χ1v) is 5.03. The predicted molar refractivity (Wildman–Crippen MR) is 63.0 cm³/mol. The second kappa shape index (κ2) is 5.80. The molecule has 0 saturated carbocycles. The fourth-order valence-electron chi connectivity index (χ4n) is 1.26. The van der Waals surface area contributed by atoms with Gasteiger partial charge in [-0.15, -0.1) is 0 Å². The van der Waals surface area contributed by atoms with Crippen LogP contribution in [0, 0.1) is 0 Å². The molecule has 1 atom stereocenters. The Balaban J connectivity index is 2.79. The molecule has 1 aromatic heterocycles. The van der Waals surface area contributed by atoms with Crippen LogP contribution in [-0.4, -0.2) is 29.9 Å². The standard InChI is InChI=1S/C10H15N5O2/c1-6(9(16)12-2)14-10(17)7-5-13-4-3-8(7)15-11/h3-6H,11H2,1-2H3,(H,12,16)(H,13,15)(H,14,17). The maximum atomic E-state index is 11.8. The summed E-state index contributed by atoms with van der Waals surface area (Å²) >= 11 is 0. The number of nitrogens with zero attached hydrogens (tertiary/aromatic N) is 1. The lowest BCUT2D eigenvalue weighted by atomic mass is 10.2. The maximum Gasteiger partial charge on any atom is 0.255 e. The van der Waals surface area contributed by atoms with Crippen molar-refractivity contribution in [1.29, 1.82) is 0 Å². The molecule has 0 fully saturated rings. The molecule has 0 aromatic carbocycles. The van der Waals surface area contributed by atoms with Crippen LogP contribution in [0.1, 0.15) is 17.3 Å². The summed E-state index contributed by atoms with van der Waals surface area (Å²) in [6, 6.07) is 0.942. The lowest BCUT2D eigenvalue weighted by Crippen LogP contribution is -2.43. The van der Waals surface area contributed by atoms with E-state index in [1.54, 1.807) is 13.0 Å². The zero-order valence-corrected chi connectivity index (χ0v) is 9.65. The van der Waals surface area contributed by atoms with Crippen molar-refractivity contribution in [2.24, 2.45) is 5.84 Å². The molecular weight excluding hydrogens is 222 g/mol. The Bertz CT molecular complexity index is 421. The van der Waals surface area contributed by atoms with Crippen molar-refractivity contribution in [3.05, 3.63) is 24.0 Å². The Morgan fingerprint density at radius 1 is 1.47 bits per heavy atom. The summed E-state index contributed by atoms with van der Waals surface area (Å²) in [4.78, 5) is 26.9. The van der Waals surface area contributed by atoms with E-state index >= 15 is 0 Å². The highest BCUT2D eigenvalue weighted by Gasteiger charge is 2.17. The third kappa shape index (κ3) is 3.15. The number of rotatable bonds is 4. The largest absolute Gasteiger partial charge is 0.357 e. The number of likely N-dealkylation sites (N-methyl/N-ethyl adjacent to an activating group) is 1. The Morgan fingerprint density at radius 3 is 2.76 bits per heavy atom. The van der Waals surface area contributed by atoms with Gasteiger partial charge in [-0.3, -0.25) is 20.4 Å². The lowest BCUT2D eigenvalue weighted by Gasteiger charge is -2.13. The van der Waals surface area contributed by atoms with Crippen LogP contribution in [0.5, 0.6) is 0 Å². The Morgan fingerprint density at radius 2 is 2.18 bits per heavy atom. The quantitative estimate of drug-likeness (QED) is 0.406. The normalized spacial score (nSPS) is 11.5. The number of anilines is 1. The van der Waals surface area contributed by atoms with Crippen LogP contribution >= 0.6 is 0 Å². The number of carbonyl (C=O) groups excluding carboxylic acids is 2. The van der Waals surface area contributed by atoms with Gasteiger partial charge in [-0.25, -0.2) is 0 Å². The minimum Gasteiger partial charge on any atom is -0.357 e. The third-order valence-corrected chi connectivity index (χ3v) is 2.21. The molecule has 0 radical (unpaired) electrons. The number of nitrogens with one attached hydrogen (secondary N) is 3. The Labute approximate surface area is 98.8 Å². The summed E-state index contributed by atoms with van der Waals surface area (Å²) in [7, 11) is 1.50. The second-order valence-electron chi connectivity index (χ2n) is 3.37. The van der Waals surface area contributed by atoms with Crippen LogP contribution < -0.4 is 21.9 Å². The van der Waals surface area contributed by atoms with Gasteiger partial charge in [0.2, 0.25) is 5.91 Å². The van der Waals surface area contributed by atoms with Gasteiger partial charge in [0.05, 0.1) is 11.3 Å². The van der Waals surface area contributed by atoms with E-state index in [-0.39, 0.29) is 11.5 Å². The van der Waals surface area contributed by atoms with Gasteiger partial charge < -0.3 is 16.1 Å². The first-order valence-electron chi connectivity index (χ1n) is 5.03. The molecule has 17 heavy (non-hydrogen) atoms. The van der Waals surface area contributed by atoms with Crippen molar-refractivity contribution < 1.29 is 9.59 Å². The van der Waals surface area contributed by atoms with E-state index in [4.69, 9.17) is 5.84 Å². The van der Waals surface area contributed by atoms with E-state index in [0.717, 1.165) is 0 Å². The van der Waals surface area contributed by atoms with Crippen molar-refractivity contribution in [2.45, 2.75) is 13.0 Å². The molecule has 2 amide bonds.